The number of unbranched alkanes of at least 4 members (excludes halogenated alkanes) is 37. The lowest BCUT2D eigenvalue weighted by molar-refractivity contribution is -0.161. The zero-order valence-electron chi connectivity index (χ0n) is 56.3. The maximum atomic E-state index is 13.0. The summed E-state index contributed by atoms with van der Waals surface area (Å²) in [6, 6.07) is 0. The van der Waals surface area contributed by atoms with Crippen molar-refractivity contribution in [2.24, 2.45) is 11.8 Å². The molecule has 19 heteroatoms. The topological polar surface area (TPSA) is 237 Å². The summed E-state index contributed by atoms with van der Waals surface area (Å²) in [4.78, 5) is 72.3. The Hall–Kier alpha value is -1.94. The van der Waals surface area contributed by atoms with Gasteiger partial charge in [-0.2, -0.15) is 0 Å². The van der Waals surface area contributed by atoms with E-state index in [1.807, 2.05) is 0 Å². The first-order chi connectivity index (χ1) is 41.9. The van der Waals surface area contributed by atoms with Gasteiger partial charge in [-0.15, -0.1) is 0 Å². The maximum absolute atomic E-state index is 13.0. The molecule has 0 rings (SSSR count). The van der Waals surface area contributed by atoms with Crippen molar-refractivity contribution < 1.29 is 80.2 Å². The monoisotopic (exact) mass is 1280 g/mol. The third kappa shape index (κ3) is 62.6. The quantitative estimate of drug-likeness (QED) is 0.0222. The van der Waals surface area contributed by atoms with Crippen LogP contribution >= 0.6 is 15.6 Å². The molecule has 2 unspecified atom stereocenters. The predicted molar refractivity (Wildman–Crippen MR) is 349 cm³/mol. The minimum Gasteiger partial charge on any atom is -0.462 e. The van der Waals surface area contributed by atoms with Crippen molar-refractivity contribution in [1.82, 2.24) is 0 Å². The fourth-order valence-corrected chi connectivity index (χ4v) is 11.8. The molecule has 3 N–H and O–H groups in total. The Labute approximate surface area is 530 Å². The van der Waals surface area contributed by atoms with Crippen molar-refractivity contribution >= 4 is 39.5 Å². The summed E-state index contributed by atoms with van der Waals surface area (Å²) in [7, 11) is -9.89. The Kier molecular flexibility index (Phi) is 59.0. The largest absolute Gasteiger partial charge is 0.472 e. The van der Waals surface area contributed by atoms with Gasteiger partial charge in [0.15, 0.2) is 12.2 Å². The van der Waals surface area contributed by atoms with Gasteiger partial charge in [-0.25, -0.2) is 9.13 Å². The fourth-order valence-electron chi connectivity index (χ4n) is 10.2. The lowest BCUT2D eigenvalue weighted by Gasteiger charge is -2.21. The molecule has 17 nitrogen and oxygen atoms in total. The van der Waals surface area contributed by atoms with Crippen LogP contribution in [0.5, 0.6) is 0 Å². The highest BCUT2D eigenvalue weighted by Crippen LogP contribution is 2.45. The van der Waals surface area contributed by atoms with Gasteiger partial charge in [-0.3, -0.25) is 37.3 Å². The van der Waals surface area contributed by atoms with Gasteiger partial charge in [-0.1, -0.05) is 292 Å². The Balaban J connectivity index is 5.21. The van der Waals surface area contributed by atoms with Gasteiger partial charge in [0.2, 0.25) is 0 Å². The second kappa shape index (κ2) is 60.3. The van der Waals surface area contributed by atoms with Crippen LogP contribution in [0.4, 0.5) is 0 Å². The first kappa shape index (κ1) is 85.1. The highest BCUT2D eigenvalue weighted by Gasteiger charge is 2.30. The summed E-state index contributed by atoms with van der Waals surface area (Å²) in [5.74, 6) is -0.636. The fraction of sp³-hybridized carbons (Fsp3) is 0.941. The maximum Gasteiger partial charge on any atom is 0.472 e. The second-order valence-electron chi connectivity index (χ2n) is 25.5. The zero-order chi connectivity index (χ0) is 64.3. The molecule has 0 aromatic heterocycles. The van der Waals surface area contributed by atoms with E-state index in [4.69, 9.17) is 37.0 Å². The van der Waals surface area contributed by atoms with Gasteiger partial charge in [0.1, 0.15) is 19.3 Å². The van der Waals surface area contributed by atoms with Crippen LogP contribution in [0.15, 0.2) is 0 Å². The van der Waals surface area contributed by atoms with Gasteiger partial charge < -0.3 is 33.8 Å². The number of esters is 4. The molecule has 0 heterocycles. The van der Waals surface area contributed by atoms with Crippen molar-refractivity contribution in [2.75, 3.05) is 39.6 Å². The van der Waals surface area contributed by atoms with Crippen LogP contribution in [0.1, 0.15) is 343 Å². The molecule has 0 amide bonds. The molecule has 87 heavy (non-hydrogen) atoms. The number of carbonyl (C=O) groups is 4. The smallest absolute Gasteiger partial charge is 0.462 e. The second-order valence-corrected chi connectivity index (χ2v) is 28.4. The average molecular weight is 1280 g/mol. The SMILES string of the molecule is CCCCCCCCCCCCCCCCC(=O)OC[C@H](COP(=O)(O)OC[C@@H](O)COP(=O)(O)OC[C@@H](COC(=O)CCCCCCCCC)OC(=O)CCCCCCCCCCC(C)C)OC(=O)CCCCCCCCCCCCCCC(C)C. The van der Waals surface area contributed by atoms with E-state index in [1.54, 1.807) is 0 Å². The van der Waals surface area contributed by atoms with E-state index < -0.39 is 97.5 Å². The van der Waals surface area contributed by atoms with Crippen LogP contribution in [0.25, 0.3) is 0 Å². The van der Waals surface area contributed by atoms with Gasteiger partial charge in [0, 0.05) is 25.7 Å². The number of carbonyl (C=O) groups excluding carboxylic acids is 4. The molecule has 0 aromatic rings. The van der Waals surface area contributed by atoms with Crippen molar-refractivity contribution in [1.29, 1.82) is 0 Å². The Bertz CT molecular complexity index is 1700. The van der Waals surface area contributed by atoms with Crippen LogP contribution in [-0.2, 0) is 65.4 Å². The van der Waals surface area contributed by atoms with E-state index in [0.29, 0.717) is 25.7 Å². The molecular formula is C68H132O17P2. The van der Waals surface area contributed by atoms with Gasteiger partial charge in [0.25, 0.3) is 0 Å². The van der Waals surface area contributed by atoms with E-state index in [2.05, 4.69) is 41.5 Å². The van der Waals surface area contributed by atoms with E-state index >= 15 is 0 Å². The van der Waals surface area contributed by atoms with E-state index in [-0.39, 0.29) is 25.7 Å². The van der Waals surface area contributed by atoms with Crippen LogP contribution < -0.4 is 0 Å². The molecule has 0 aromatic carbocycles. The lowest BCUT2D eigenvalue weighted by Crippen LogP contribution is -2.30. The molecule has 0 aliphatic carbocycles. The number of aliphatic hydroxyl groups is 1. The highest BCUT2D eigenvalue weighted by atomic mass is 31.2. The minimum atomic E-state index is -4.95. The number of ether oxygens (including phenoxy) is 4. The molecule has 516 valence electrons. The predicted octanol–water partition coefficient (Wildman–Crippen LogP) is 19.2. The number of hydrogen-bond acceptors (Lipinski definition) is 15. The summed E-state index contributed by atoms with van der Waals surface area (Å²) in [5, 5.41) is 10.6. The lowest BCUT2D eigenvalue weighted by atomic mass is 10.0. The van der Waals surface area contributed by atoms with Crippen molar-refractivity contribution in [3.8, 4) is 0 Å². The molecule has 0 radical (unpaired) electrons. The third-order valence-electron chi connectivity index (χ3n) is 15.7. The van der Waals surface area contributed by atoms with Gasteiger partial charge >= 0.3 is 39.5 Å². The molecule has 0 fully saturated rings. The molecule has 0 spiro atoms. The molecule has 5 atom stereocenters. The number of hydrogen-bond donors (Lipinski definition) is 3. The Morgan fingerprint density at radius 2 is 0.529 bits per heavy atom. The molecule has 0 bridgehead atoms. The van der Waals surface area contributed by atoms with Gasteiger partial charge in [-0.05, 0) is 37.5 Å². The van der Waals surface area contributed by atoms with Crippen molar-refractivity contribution in [3.63, 3.8) is 0 Å². The normalized spacial score (nSPS) is 14.2. The summed E-state index contributed by atoms with van der Waals surface area (Å²) in [6.45, 7) is 9.46. The summed E-state index contributed by atoms with van der Waals surface area (Å²) in [5.41, 5.74) is 0. The Morgan fingerprint density at radius 3 is 0.782 bits per heavy atom. The van der Waals surface area contributed by atoms with Crippen molar-refractivity contribution in [3.05, 3.63) is 0 Å². The molecule has 0 saturated heterocycles. The number of phosphoric ester groups is 2. The summed E-state index contributed by atoms with van der Waals surface area (Å²) in [6.07, 6.45) is 44.5. The van der Waals surface area contributed by atoms with Crippen LogP contribution in [-0.4, -0.2) is 96.7 Å². The molecular weight excluding hydrogens is 1150 g/mol. The first-order valence-corrected chi connectivity index (χ1v) is 38.5. The van der Waals surface area contributed by atoms with Crippen LogP contribution in [0, 0.1) is 11.8 Å². The van der Waals surface area contributed by atoms with Crippen molar-refractivity contribution in [2.45, 2.75) is 362 Å². The van der Waals surface area contributed by atoms with E-state index in [0.717, 1.165) is 115 Å². The first-order valence-electron chi connectivity index (χ1n) is 35.5. The van der Waals surface area contributed by atoms with Crippen LogP contribution in [0.3, 0.4) is 0 Å². The standard InChI is InChI=1S/C68H132O17P2/c1-7-9-11-13-15-16-17-18-19-23-26-33-39-45-51-66(71)79-57-64(84-67(72)52-46-40-34-27-24-21-20-22-25-31-36-42-48-60(3)4)59-83-87(76,77)81-55-62(69)54-80-86(74,75)82-58-63(56-78-65(70)50-44-38-30-14-12-10-8-2)85-68(73)53-47-41-35-29-28-32-37-43-49-61(5)6/h60-64,69H,7-59H2,1-6H3,(H,74,75)(H,76,77)/t62-,63+,64+/m0/s1. The van der Waals surface area contributed by atoms with E-state index in [9.17, 15) is 43.2 Å². The zero-order valence-corrected chi connectivity index (χ0v) is 58.1. The Morgan fingerprint density at radius 1 is 0.310 bits per heavy atom. The number of rotatable bonds is 67. The number of aliphatic hydroxyl groups excluding tert-OH is 1. The van der Waals surface area contributed by atoms with Gasteiger partial charge in [0.05, 0.1) is 26.4 Å². The highest BCUT2D eigenvalue weighted by molar-refractivity contribution is 7.47. The molecule has 0 aliphatic rings. The summed E-state index contributed by atoms with van der Waals surface area (Å²) < 4.78 is 68.1. The van der Waals surface area contributed by atoms with Crippen LogP contribution in [0.2, 0.25) is 0 Å². The summed E-state index contributed by atoms with van der Waals surface area (Å²) >= 11 is 0. The average Bonchev–Trinajstić information content (AvgIpc) is 3.67. The minimum absolute atomic E-state index is 0.104. The number of phosphoric acid groups is 2. The van der Waals surface area contributed by atoms with E-state index in [1.165, 1.54) is 148 Å². The molecule has 0 aliphatic heterocycles. The molecule has 0 saturated carbocycles. The third-order valence-corrected chi connectivity index (χ3v) is 17.6.